The van der Waals surface area contributed by atoms with Crippen LogP contribution in [-0.2, 0) is 11.3 Å². The van der Waals surface area contributed by atoms with E-state index in [2.05, 4.69) is 10.3 Å². The zero-order chi connectivity index (χ0) is 20.9. The zero-order valence-corrected chi connectivity index (χ0v) is 16.6. The fourth-order valence-corrected chi connectivity index (χ4v) is 3.11. The third kappa shape index (κ3) is 5.16. The summed E-state index contributed by atoms with van der Waals surface area (Å²) in [6, 6.07) is 10.5. The van der Waals surface area contributed by atoms with Gasteiger partial charge in [0.1, 0.15) is 11.5 Å². The Hall–Kier alpha value is -3.29. The van der Waals surface area contributed by atoms with Crippen molar-refractivity contribution < 1.29 is 24.2 Å². The van der Waals surface area contributed by atoms with Crippen molar-refractivity contribution in [2.45, 2.75) is 26.8 Å². The van der Waals surface area contributed by atoms with Gasteiger partial charge in [-0.05, 0) is 56.2 Å². The lowest BCUT2D eigenvalue weighted by Crippen LogP contribution is -2.40. The number of pyridine rings is 1. The van der Waals surface area contributed by atoms with Gasteiger partial charge < -0.3 is 24.8 Å². The highest BCUT2D eigenvalue weighted by Crippen LogP contribution is 2.30. The predicted molar refractivity (Wildman–Crippen MR) is 106 cm³/mol. The van der Waals surface area contributed by atoms with Crippen molar-refractivity contribution in [3.05, 3.63) is 48.2 Å². The number of carbonyl (C=O) groups excluding carboxylic acids is 1. The Balaban J connectivity index is 1.54. The Bertz CT molecular complexity index is 871. The highest BCUT2D eigenvalue weighted by molar-refractivity contribution is 5.79. The zero-order valence-electron chi connectivity index (χ0n) is 16.6. The molecular weight excluding hydrogens is 374 g/mol. The van der Waals surface area contributed by atoms with Crippen LogP contribution in [0.4, 0.5) is 4.79 Å². The number of carboxylic acids is 1. The van der Waals surface area contributed by atoms with Crippen molar-refractivity contribution in [2.24, 2.45) is 5.41 Å². The molecule has 8 nitrogen and oxygen atoms in total. The summed E-state index contributed by atoms with van der Waals surface area (Å²) in [5, 5.41) is 12.1. The topological polar surface area (TPSA) is 101 Å². The minimum absolute atomic E-state index is 0.205. The first kappa shape index (κ1) is 20.4. The van der Waals surface area contributed by atoms with E-state index < -0.39 is 11.4 Å². The highest BCUT2D eigenvalue weighted by Gasteiger charge is 2.42. The fraction of sp³-hybridized carbons (Fsp3) is 0.381. The minimum atomic E-state index is -0.882. The Morgan fingerprint density at radius 2 is 1.97 bits per heavy atom. The molecule has 0 aliphatic carbocycles. The van der Waals surface area contributed by atoms with Gasteiger partial charge in [0, 0.05) is 31.9 Å². The van der Waals surface area contributed by atoms with Crippen LogP contribution in [0.25, 0.3) is 0 Å². The number of nitrogens with one attached hydrogen (secondary N) is 1. The number of rotatable bonds is 7. The number of amides is 2. The molecule has 1 aliphatic rings. The highest BCUT2D eigenvalue weighted by atomic mass is 16.5. The van der Waals surface area contributed by atoms with Gasteiger partial charge in [-0.3, -0.25) is 4.79 Å². The Morgan fingerprint density at radius 3 is 2.62 bits per heavy atom. The molecule has 1 unspecified atom stereocenters. The second-order valence-corrected chi connectivity index (χ2v) is 7.20. The molecule has 154 valence electrons. The van der Waals surface area contributed by atoms with E-state index in [1.54, 1.807) is 37.4 Å². The lowest BCUT2D eigenvalue weighted by Gasteiger charge is -2.20. The monoisotopic (exact) mass is 399 g/mol. The maximum absolute atomic E-state index is 12.4. The van der Waals surface area contributed by atoms with Crippen molar-refractivity contribution in [3.63, 3.8) is 0 Å². The van der Waals surface area contributed by atoms with Gasteiger partial charge >= 0.3 is 12.0 Å². The summed E-state index contributed by atoms with van der Waals surface area (Å²) in [6.45, 7) is 5.11. The second kappa shape index (κ2) is 8.81. The van der Waals surface area contributed by atoms with Crippen LogP contribution in [0.5, 0.6) is 17.4 Å². The number of benzene rings is 1. The van der Waals surface area contributed by atoms with Crippen molar-refractivity contribution in [1.29, 1.82) is 0 Å². The standard InChI is InChI=1S/C21H25N3O5/c1-3-28-16-4-6-17(7-5-16)29-18-12-15(8-10-22-18)13-23-20(27)24-11-9-21(2,14-24)19(25)26/h4-8,10,12H,3,9,11,13-14H2,1-2H3,(H,23,27)(H,25,26). The summed E-state index contributed by atoms with van der Waals surface area (Å²) >= 11 is 0. The van der Waals surface area contributed by atoms with E-state index >= 15 is 0 Å². The number of hydrogen-bond acceptors (Lipinski definition) is 5. The molecule has 2 heterocycles. The first-order valence-corrected chi connectivity index (χ1v) is 9.51. The lowest BCUT2D eigenvalue weighted by atomic mass is 9.90. The summed E-state index contributed by atoms with van der Waals surface area (Å²) < 4.78 is 11.2. The molecule has 0 saturated carbocycles. The summed E-state index contributed by atoms with van der Waals surface area (Å²) in [6.07, 6.45) is 2.06. The van der Waals surface area contributed by atoms with E-state index in [1.807, 2.05) is 19.1 Å². The molecule has 1 aromatic heterocycles. The first-order chi connectivity index (χ1) is 13.9. The average Bonchev–Trinajstić information content (AvgIpc) is 3.12. The number of aliphatic carboxylic acids is 1. The van der Waals surface area contributed by atoms with Crippen LogP contribution < -0.4 is 14.8 Å². The van der Waals surface area contributed by atoms with Gasteiger partial charge in [-0.15, -0.1) is 0 Å². The van der Waals surface area contributed by atoms with Crippen LogP contribution in [0.15, 0.2) is 42.6 Å². The third-order valence-electron chi connectivity index (χ3n) is 4.88. The van der Waals surface area contributed by atoms with E-state index in [4.69, 9.17) is 9.47 Å². The van der Waals surface area contributed by atoms with Crippen molar-refractivity contribution in [3.8, 4) is 17.4 Å². The molecule has 1 fully saturated rings. The van der Waals surface area contributed by atoms with Gasteiger partial charge in [0.05, 0.1) is 12.0 Å². The summed E-state index contributed by atoms with van der Waals surface area (Å²) in [5.41, 5.74) is -0.0540. The maximum Gasteiger partial charge on any atom is 0.317 e. The molecule has 1 aromatic carbocycles. The number of carboxylic acid groups (broad SMARTS) is 1. The van der Waals surface area contributed by atoms with Crippen LogP contribution in [0.2, 0.25) is 0 Å². The number of aromatic nitrogens is 1. The SMILES string of the molecule is CCOc1ccc(Oc2cc(CNC(=O)N3CCC(C)(C(=O)O)C3)ccn2)cc1. The minimum Gasteiger partial charge on any atom is -0.494 e. The number of ether oxygens (including phenoxy) is 2. The van der Waals surface area contributed by atoms with Crippen LogP contribution in [0, 0.1) is 5.41 Å². The number of likely N-dealkylation sites (tertiary alicyclic amines) is 1. The summed E-state index contributed by atoms with van der Waals surface area (Å²) in [4.78, 5) is 29.4. The van der Waals surface area contributed by atoms with Crippen molar-refractivity contribution >= 4 is 12.0 Å². The van der Waals surface area contributed by atoms with Crippen LogP contribution in [0.1, 0.15) is 25.8 Å². The van der Waals surface area contributed by atoms with Gasteiger partial charge in [0.15, 0.2) is 0 Å². The van der Waals surface area contributed by atoms with Gasteiger partial charge in [-0.25, -0.2) is 9.78 Å². The smallest absolute Gasteiger partial charge is 0.317 e. The molecule has 0 bridgehead atoms. The number of carbonyl (C=O) groups is 2. The molecule has 2 amide bonds. The fourth-order valence-electron chi connectivity index (χ4n) is 3.11. The van der Waals surface area contributed by atoms with E-state index in [0.717, 1.165) is 11.3 Å². The van der Waals surface area contributed by atoms with Gasteiger partial charge in [0.2, 0.25) is 5.88 Å². The van der Waals surface area contributed by atoms with Crippen molar-refractivity contribution in [1.82, 2.24) is 15.2 Å². The van der Waals surface area contributed by atoms with Crippen LogP contribution >= 0.6 is 0 Å². The molecule has 29 heavy (non-hydrogen) atoms. The van der Waals surface area contributed by atoms with Crippen LogP contribution in [-0.4, -0.2) is 46.7 Å². The largest absolute Gasteiger partial charge is 0.494 e. The molecular formula is C21H25N3O5. The normalized spacial score (nSPS) is 18.3. The molecule has 2 aromatic rings. The molecule has 1 saturated heterocycles. The molecule has 1 atom stereocenters. The van der Waals surface area contributed by atoms with E-state index in [0.29, 0.717) is 37.7 Å². The molecule has 0 radical (unpaired) electrons. The maximum atomic E-state index is 12.4. The Labute approximate surface area is 169 Å². The van der Waals surface area contributed by atoms with Gasteiger partial charge in [-0.2, -0.15) is 0 Å². The van der Waals surface area contributed by atoms with E-state index in [-0.39, 0.29) is 12.6 Å². The summed E-state index contributed by atoms with van der Waals surface area (Å²) in [7, 11) is 0. The Morgan fingerprint density at radius 1 is 1.24 bits per heavy atom. The lowest BCUT2D eigenvalue weighted by molar-refractivity contribution is -0.147. The second-order valence-electron chi connectivity index (χ2n) is 7.20. The molecule has 0 spiro atoms. The third-order valence-corrected chi connectivity index (χ3v) is 4.88. The Kier molecular flexibility index (Phi) is 6.21. The van der Waals surface area contributed by atoms with Gasteiger partial charge in [0.25, 0.3) is 0 Å². The summed E-state index contributed by atoms with van der Waals surface area (Å²) in [5.74, 6) is 0.941. The number of nitrogens with zero attached hydrogens (tertiary/aromatic N) is 2. The molecule has 2 N–H and O–H groups in total. The predicted octanol–water partition coefficient (Wildman–Crippen LogP) is 3.28. The van der Waals surface area contributed by atoms with Gasteiger partial charge in [-0.1, -0.05) is 0 Å². The quantitative estimate of drug-likeness (QED) is 0.741. The number of hydrogen-bond donors (Lipinski definition) is 2. The number of urea groups is 1. The van der Waals surface area contributed by atoms with E-state index in [9.17, 15) is 14.7 Å². The van der Waals surface area contributed by atoms with Crippen molar-refractivity contribution in [2.75, 3.05) is 19.7 Å². The molecule has 8 heteroatoms. The average molecular weight is 399 g/mol. The molecule has 1 aliphatic heterocycles. The van der Waals surface area contributed by atoms with Crippen LogP contribution in [0.3, 0.4) is 0 Å². The van der Waals surface area contributed by atoms with E-state index in [1.165, 1.54) is 4.90 Å². The first-order valence-electron chi connectivity index (χ1n) is 9.51. The molecule has 3 rings (SSSR count).